The van der Waals surface area contributed by atoms with Crippen LogP contribution >= 0.6 is 0 Å². The van der Waals surface area contributed by atoms with Gasteiger partial charge in [0.25, 0.3) is 11.8 Å². The van der Waals surface area contributed by atoms with Gasteiger partial charge in [-0.3, -0.25) is 24.2 Å². The van der Waals surface area contributed by atoms with E-state index in [0.717, 1.165) is 65.8 Å². The summed E-state index contributed by atoms with van der Waals surface area (Å²) in [5.41, 5.74) is 6.09. The molecule has 0 radical (unpaired) electrons. The first kappa shape index (κ1) is 30.7. The highest BCUT2D eigenvalue weighted by Gasteiger charge is 2.41. The standard InChI is InChI=1S/C37H41N7O4/c1-37(2,3)48-36(47)42-13-12-38-18-26(42)14-22-8-11-30-31(17-22)40-32(19-39-30)29-21-44(41-33(29)24-9-10-24)25-15-23(16-25)20-43-34(45)27-6-4-5-7-28(27)35(43)46/h4-8,11,17,19,21,23-26,38H,9-10,12-16,18,20H2,1-3H3. The average Bonchev–Trinajstić information content (AvgIpc) is 3.76. The van der Waals surface area contributed by atoms with E-state index in [1.165, 1.54) is 4.90 Å². The molecule has 4 aromatic rings. The Kier molecular flexibility index (Phi) is 7.54. The van der Waals surface area contributed by atoms with Gasteiger partial charge >= 0.3 is 6.09 Å². The maximum atomic E-state index is 13.0. The topological polar surface area (TPSA) is 123 Å². The Morgan fingerprint density at radius 1 is 1.00 bits per heavy atom. The average molecular weight is 648 g/mol. The third kappa shape index (κ3) is 5.85. The van der Waals surface area contributed by atoms with Crippen LogP contribution in [0.3, 0.4) is 0 Å². The van der Waals surface area contributed by atoms with Crippen molar-refractivity contribution in [1.82, 2.24) is 34.9 Å². The Morgan fingerprint density at radius 3 is 2.46 bits per heavy atom. The molecule has 3 fully saturated rings. The highest BCUT2D eigenvalue weighted by molar-refractivity contribution is 6.21. The Morgan fingerprint density at radius 2 is 1.75 bits per heavy atom. The monoisotopic (exact) mass is 647 g/mol. The number of aromatic nitrogens is 4. The number of carbonyl (C=O) groups excluding carboxylic acids is 3. The van der Waals surface area contributed by atoms with Crippen LogP contribution < -0.4 is 5.32 Å². The lowest BCUT2D eigenvalue weighted by molar-refractivity contribution is 0.0121. The second-order valence-electron chi connectivity index (χ2n) is 14.8. The van der Waals surface area contributed by atoms with E-state index in [-0.39, 0.29) is 35.9 Å². The Hall–Kier alpha value is -4.64. The second kappa shape index (κ2) is 11.8. The van der Waals surface area contributed by atoms with Gasteiger partial charge in [-0.25, -0.2) is 9.78 Å². The third-order valence-electron chi connectivity index (χ3n) is 9.96. The second-order valence-corrected chi connectivity index (χ2v) is 14.8. The maximum Gasteiger partial charge on any atom is 0.410 e. The Bertz CT molecular complexity index is 1890. The summed E-state index contributed by atoms with van der Waals surface area (Å²) < 4.78 is 7.78. The summed E-state index contributed by atoms with van der Waals surface area (Å²) in [4.78, 5) is 51.8. The predicted molar refractivity (Wildman–Crippen MR) is 180 cm³/mol. The molecule has 2 aromatic carbocycles. The summed E-state index contributed by atoms with van der Waals surface area (Å²) in [6.07, 6.45) is 8.33. The van der Waals surface area contributed by atoms with Gasteiger partial charge in [-0.05, 0) is 88.6 Å². The van der Waals surface area contributed by atoms with E-state index >= 15 is 0 Å². The molecule has 2 aliphatic heterocycles. The highest BCUT2D eigenvalue weighted by atomic mass is 16.6. The van der Waals surface area contributed by atoms with Gasteiger partial charge in [0.1, 0.15) is 5.60 Å². The van der Waals surface area contributed by atoms with Gasteiger partial charge in [0, 0.05) is 43.9 Å². The number of ether oxygens (including phenoxy) is 1. The molecule has 2 saturated carbocycles. The molecule has 1 unspecified atom stereocenters. The zero-order valence-electron chi connectivity index (χ0n) is 27.7. The molecule has 4 aliphatic rings. The number of piperazine rings is 1. The number of amides is 3. The lowest BCUT2D eigenvalue weighted by Crippen LogP contribution is -2.55. The van der Waals surface area contributed by atoms with E-state index in [1.807, 2.05) is 37.9 Å². The van der Waals surface area contributed by atoms with Crippen molar-refractivity contribution >= 4 is 28.9 Å². The first-order valence-electron chi connectivity index (χ1n) is 17.1. The van der Waals surface area contributed by atoms with Crippen LogP contribution in [-0.2, 0) is 11.2 Å². The molecule has 2 aromatic heterocycles. The molecule has 1 saturated heterocycles. The molecule has 48 heavy (non-hydrogen) atoms. The summed E-state index contributed by atoms with van der Waals surface area (Å²) in [6, 6.07) is 13.4. The lowest BCUT2D eigenvalue weighted by Gasteiger charge is -2.37. The van der Waals surface area contributed by atoms with Crippen LogP contribution in [-0.4, -0.2) is 85.3 Å². The number of imide groups is 1. The van der Waals surface area contributed by atoms with Gasteiger partial charge in [-0.15, -0.1) is 0 Å². The molecule has 248 valence electrons. The maximum absolute atomic E-state index is 13.0. The number of nitrogens with zero attached hydrogens (tertiary/aromatic N) is 6. The fourth-order valence-electron chi connectivity index (χ4n) is 7.27. The minimum absolute atomic E-state index is 0.0229. The first-order valence-corrected chi connectivity index (χ1v) is 17.1. The molecular formula is C37H41N7O4. The van der Waals surface area contributed by atoms with Crippen molar-refractivity contribution in [3.8, 4) is 11.3 Å². The smallest absolute Gasteiger partial charge is 0.410 e. The minimum Gasteiger partial charge on any atom is -0.444 e. The van der Waals surface area contributed by atoms with Crippen molar-refractivity contribution in [1.29, 1.82) is 0 Å². The van der Waals surface area contributed by atoms with Gasteiger partial charge in [0.15, 0.2) is 0 Å². The van der Waals surface area contributed by atoms with Crippen LogP contribution in [0.2, 0.25) is 0 Å². The van der Waals surface area contributed by atoms with Gasteiger partial charge in [0.05, 0.1) is 51.8 Å². The van der Waals surface area contributed by atoms with E-state index in [0.29, 0.717) is 43.1 Å². The van der Waals surface area contributed by atoms with Crippen molar-refractivity contribution in [2.24, 2.45) is 5.92 Å². The zero-order chi connectivity index (χ0) is 33.2. The molecule has 8 rings (SSSR count). The van der Waals surface area contributed by atoms with E-state index in [4.69, 9.17) is 19.8 Å². The Balaban J connectivity index is 0.980. The van der Waals surface area contributed by atoms with Crippen molar-refractivity contribution in [3.05, 3.63) is 77.2 Å². The largest absolute Gasteiger partial charge is 0.444 e. The minimum atomic E-state index is -0.545. The van der Waals surface area contributed by atoms with Crippen molar-refractivity contribution in [3.63, 3.8) is 0 Å². The molecular weight excluding hydrogens is 606 g/mol. The summed E-state index contributed by atoms with van der Waals surface area (Å²) in [5, 5.41) is 8.49. The fraction of sp³-hybridized carbons (Fsp3) is 0.459. The normalized spacial score (nSPS) is 22.6. The van der Waals surface area contributed by atoms with Crippen LogP contribution in [0.25, 0.3) is 22.3 Å². The van der Waals surface area contributed by atoms with Crippen molar-refractivity contribution in [2.75, 3.05) is 26.2 Å². The van der Waals surface area contributed by atoms with Gasteiger partial charge < -0.3 is 15.0 Å². The van der Waals surface area contributed by atoms with Crippen LogP contribution in [0.1, 0.15) is 90.4 Å². The van der Waals surface area contributed by atoms with Crippen LogP contribution in [0.5, 0.6) is 0 Å². The fourth-order valence-corrected chi connectivity index (χ4v) is 7.27. The van der Waals surface area contributed by atoms with E-state index in [2.05, 4.69) is 28.3 Å². The molecule has 11 nitrogen and oxygen atoms in total. The Labute approximate surface area is 279 Å². The highest BCUT2D eigenvalue weighted by Crippen LogP contribution is 2.46. The number of nitrogens with one attached hydrogen (secondary N) is 1. The van der Waals surface area contributed by atoms with Gasteiger partial charge in [-0.1, -0.05) is 18.2 Å². The predicted octanol–water partition coefficient (Wildman–Crippen LogP) is 5.37. The summed E-state index contributed by atoms with van der Waals surface area (Å²) in [6.45, 7) is 8.17. The number of carbonyl (C=O) groups is 3. The van der Waals surface area contributed by atoms with Crippen LogP contribution in [0.15, 0.2) is 54.9 Å². The first-order chi connectivity index (χ1) is 23.1. The van der Waals surface area contributed by atoms with E-state index in [9.17, 15) is 14.4 Å². The van der Waals surface area contributed by atoms with E-state index < -0.39 is 5.60 Å². The van der Waals surface area contributed by atoms with Crippen LogP contribution in [0, 0.1) is 5.92 Å². The molecule has 2 aliphatic carbocycles. The SMILES string of the molecule is CC(C)(C)OC(=O)N1CCNCC1Cc1ccc2ncc(-c3cn(C4CC(CN5C(=O)c6ccccc6C5=O)C4)nc3C3CC3)nc2c1. The summed E-state index contributed by atoms with van der Waals surface area (Å²) in [5.74, 6) is 0.297. The molecule has 1 atom stereocenters. The zero-order valence-corrected chi connectivity index (χ0v) is 27.7. The molecule has 11 heteroatoms. The number of hydrogen-bond donors (Lipinski definition) is 1. The van der Waals surface area contributed by atoms with Crippen molar-refractivity contribution in [2.45, 2.75) is 76.5 Å². The number of benzene rings is 2. The third-order valence-corrected chi connectivity index (χ3v) is 9.96. The van der Waals surface area contributed by atoms with Crippen molar-refractivity contribution < 1.29 is 19.1 Å². The van der Waals surface area contributed by atoms with Gasteiger partial charge in [0.2, 0.25) is 0 Å². The molecule has 3 amide bonds. The number of rotatable bonds is 7. The molecule has 0 spiro atoms. The molecule has 4 heterocycles. The molecule has 0 bridgehead atoms. The quantitative estimate of drug-likeness (QED) is 0.266. The van der Waals surface area contributed by atoms with Crippen LogP contribution in [0.4, 0.5) is 4.79 Å². The number of fused-ring (bicyclic) bond motifs is 2. The molecule has 1 N–H and O–H groups in total. The number of hydrogen-bond acceptors (Lipinski definition) is 8. The van der Waals surface area contributed by atoms with Gasteiger partial charge in [-0.2, -0.15) is 5.10 Å². The summed E-state index contributed by atoms with van der Waals surface area (Å²) >= 11 is 0. The van der Waals surface area contributed by atoms with E-state index in [1.54, 1.807) is 24.3 Å². The summed E-state index contributed by atoms with van der Waals surface area (Å²) in [7, 11) is 0. The lowest BCUT2D eigenvalue weighted by atomic mass is 9.80.